The first-order chi connectivity index (χ1) is 1.91. The molecule has 0 amide bonds. The van der Waals surface area contributed by atoms with Gasteiger partial charge in [0, 0.05) is 0 Å². The molecule has 0 aliphatic rings. The first kappa shape index (κ1) is 4.65. The molecule has 0 spiro atoms. The zero-order valence-corrected chi connectivity index (χ0v) is 6.08. The molecular formula is C2H2ClSn. The number of hydrogen-bond donors (Lipinski definition) is 0. The van der Waals surface area contributed by atoms with Crippen LogP contribution in [0.5, 0.6) is 0 Å². The van der Waals surface area contributed by atoms with E-state index in [0.717, 1.165) is 0 Å². The van der Waals surface area contributed by atoms with Crippen LogP contribution in [0.1, 0.15) is 0 Å². The van der Waals surface area contributed by atoms with Gasteiger partial charge in [-0.25, -0.2) is 0 Å². The van der Waals surface area contributed by atoms with Crippen LogP contribution in [-0.4, -0.2) is 20.0 Å². The molecule has 0 aromatic rings. The van der Waals surface area contributed by atoms with Crippen molar-refractivity contribution in [3.8, 4) is 10.4 Å². The zero-order chi connectivity index (χ0) is 3.41. The number of hydrogen-bond acceptors (Lipinski definition) is 0. The van der Waals surface area contributed by atoms with Gasteiger partial charge in [0.1, 0.15) is 0 Å². The molecule has 0 aromatic carbocycles. The molecule has 0 saturated heterocycles. The number of terminal acetylenes is 1. The average Bonchev–Trinajstić information content (AvgIpc) is 1.37. The van der Waals surface area contributed by atoms with Gasteiger partial charge in [-0.3, -0.25) is 0 Å². The van der Waals surface area contributed by atoms with Crippen LogP contribution in [0.4, 0.5) is 0 Å². The van der Waals surface area contributed by atoms with Crippen LogP contribution >= 0.6 is 8.92 Å². The van der Waals surface area contributed by atoms with E-state index >= 15 is 0 Å². The van der Waals surface area contributed by atoms with Crippen LogP contribution < -0.4 is 0 Å². The van der Waals surface area contributed by atoms with Crippen LogP contribution in [0.25, 0.3) is 0 Å². The van der Waals surface area contributed by atoms with E-state index in [-0.39, 0.29) is 0 Å². The van der Waals surface area contributed by atoms with E-state index in [4.69, 9.17) is 15.3 Å². The van der Waals surface area contributed by atoms with Crippen LogP contribution in [0, 0.1) is 10.4 Å². The third kappa shape index (κ3) is 2.65. The van der Waals surface area contributed by atoms with Crippen LogP contribution in [0.15, 0.2) is 0 Å². The summed E-state index contributed by atoms with van der Waals surface area (Å²) in [7, 11) is 5.14. The van der Waals surface area contributed by atoms with Gasteiger partial charge in [-0.05, 0) is 0 Å². The van der Waals surface area contributed by atoms with Crippen molar-refractivity contribution in [2.75, 3.05) is 0 Å². The second-order valence-corrected chi connectivity index (χ2v) is 3.31. The first-order valence-electron chi connectivity index (χ1n) is 0.796. The van der Waals surface area contributed by atoms with Crippen LogP contribution in [0.3, 0.4) is 0 Å². The monoisotopic (exact) mass is 181 g/mol. The van der Waals surface area contributed by atoms with Gasteiger partial charge < -0.3 is 0 Å². The minimum absolute atomic E-state index is 0.905. The molecule has 4 heavy (non-hydrogen) atoms. The Morgan fingerprint density at radius 3 is 2.25 bits per heavy atom. The molecular weight excluding hydrogens is 178 g/mol. The van der Waals surface area contributed by atoms with E-state index in [2.05, 4.69) is 3.94 Å². The van der Waals surface area contributed by atoms with Crippen LogP contribution in [-0.2, 0) is 0 Å². The Kier molecular flexibility index (Phi) is 4.24. The Bertz CT molecular complexity index is 35.8. The van der Waals surface area contributed by atoms with E-state index in [9.17, 15) is 0 Å². The van der Waals surface area contributed by atoms with E-state index in [1.54, 1.807) is 0 Å². The number of halogens is 1. The fourth-order valence-corrected chi connectivity index (χ4v) is 0. The summed E-state index contributed by atoms with van der Waals surface area (Å²) >= 11 is -0.905. The predicted molar refractivity (Wildman–Crippen MR) is 21.8 cm³/mol. The van der Waals surface area contributed by atoms with Gasteiger partial charge in [0.15, 0.2) is 0 Å². The van der Waals surface area contributed by atoms with Gasteiger partial charge in [0.05, 0.1) is 0 Å². The van der Waals surface area contributed by atoms with E-state index < -0.39 is 20.0 Å². The molecule has 0 saturated carbocycles. The third-order valence-corrected chi connectivity index (χ3v) is 1.27. The second-order valence-electron chi connectivity index (χ2n) is 0.276. The minimum atomic E-state index is -0.905. The average molecular weight is 180 g/mol. The molecule has 0 N–H and O–H groups in total. The standard InChI is InChI=1S/C2H.ClH.Sn.H/c1-2;;;/h1H;1H;;/q;;+1;/p-1. The Morgan fingerprint density at radius 1 is 2.00 bits per heavy atom. The topological polar surface area (TPSA) is 0 Å². The molecule has 0 atom stereocenters. The van der Waals surface area contributed by atoms with Crippen molar-refractivity contribution in [1.29, 1.82) is 0 Å². The van der Waals surface area contributed by atoms with Gasteiger partial charge in [0.25, 0.3) is 0 Å². The first-order valence-corrected chi connectivity index (χ1v) is 6.62. The SMILES string of the molecule is C#[C][SnH][Cl]. The summed E-state index contributed by atoms with van der Waals surface area (Å²) in [6, 6.07) is 0. The Balaban J connectivity index is 2.43. The van der Waals surface area contributed by atoms with Gasteiger partial charge in [-0.15, -0.1) is 0 Å². The van der Waals surface area contributed by atoms with Crippen LogP contribution in [0.2, 0.25) is 0 Å². The summed E-state index contributed by atoms with van der Waals surface area (Å²) in [5.74, 6) is 0. The molecule has 0 aliphatic heterocycles. The Hall–Kier alpha value is 0.649. The molecule has 0 heterocycles. The molecule has 21 valence electrons. The quantitative estimate of drug-likeness (QED) is 0.368. The van der Waals surface area contributed by atoms with Gasteiger partial charge >= 0.3 is 39.3 Å². The zero-order valence-electron chi connectivity index (χ0n) is 2.03. The molecule has 1 radical (unpaired) electrons. The number of rotatable bonds is 0. The normalized spacial score (nSPS) is 5.00. The van der Waals surface area contributed by atoms with Crippen molar-refractivity contribution >= 4 is 28.9 Å². The molecule has 0 unspecified atom stereocenters. The van der Waals surface area contributed by atoms with Crippen molar-refractivity contribution in [3.63, 3.8) is 0 Å². The van der Waals surface area contributed by atoms with Gasteiger partial charge in [-0.2, -0.15) is 0 Å². The third-order valence-electron chi connectivity index (χ3n) is 0.0630. The molecule has 0 aliphatic carbocycles. The molecule has 0 bridgehead atoms. The molecule has 0 rings (SSSR count). The summed E-state index contributed by atoms with van der Waals surface area (Å²) in [5, 5.41) is 0. The molecule has 0 aromatic heterocycles. The van der Waals surface area contributed by atoms with Gasteiger partial charge in [0.2, 0.25) is 0 Å². The Labute approximate surface area is 39.5 Å². The summed E-state index contributed by atoms with van der Waals surface area (Å²) in [4.78, 5) is 0. The predicted octanol–water partition coefficient (Wildman–Crippen LogP) is 0.167. The maximum atomic E-state index is 5.14. The fourth-order valence-electron chi connectivity index (χ4n) is 0. The summed E-state index contributed by atoms with van der Waals surface area (Å²) in [6.07, 6.45) is 4.73. The van der Waals surface area contributed by atoms with E-state index in [0.29, 0.717) is 0 Å². The summed E-state index contributed by atoms with van der Waals surface area (Å²) in [5.41, 5.74) is 0. The van der Waals surface area contributed by atoms with E-state index in [1.165, 1.54) is 0 Å². The van der Waals surface area contributed by atoms with Crippen molar-refractivity contribution in [2.45, 2.75) is 0 Å². The summed E-state index contributed by atoms with van der Waals surface area (Å²) in [6.45, 7) is 0. The van der Waals surface area contributed by atoms with Crippen molar-refractivity contribution in [3.05, 3.63) is 0 Å². The molecule has 0 fully saturated rings. The van der Waals surface area contributed by atoms with Crippen molar-refractivity contribution in [2.24, 2.45) is 0 Å². The van der Waals surface area contributed by atoms with Crippen molar-refractivity contribution in [1.82, 2.24) is 0 Å². The maximum absolute atomic E-state index is 5.14. The molecule has 2 heteroatoms. The van der Waals surface area contributed by atoms with Gasteiger partial charge in [-0.1, -0.05) is 0 Å². The Morgan fingerprint density at radius 2 is 2.25 bits per heavy atom. The molecule has 0 nitrogen and oxygen atoms in total. The summed E-state index contributed by atoms with van der Waals surface area (Å²) < 4.78 is 2.39. The van der Waals surface area contributed by atoms with Crippen molar-refractivity contribution < 1.29 is 0 Å². The second kappa shape index (κ2) is 3.65. The fraction of sp³-hybridized carbons (Fsp3) is 0. The van der Waals surface area contributed by atoms with E-state index in [1.807, 2.05) is 0 Å².